The van der Waals surface area contributed by atoms with Crippen molar-refractivity contribution < 1.29 is 4.52 Å². The summed E-state index contributed by atoms with van der Waals surface area (Å²) in [6.45, 7) is 1.99. The first kappa shape index (κ1) is 17.0. The average Bonchev–Trinajstić information content (AvgIpc) is 3.33. The van der Waals surface area contributed by atoms with E-state index in [-0.39, 0.29) is 6.04 Å². The van der Waals surface area contributed by atoms with E-state index in [1.54, 1.807) is 12.5 Å². The molecule has 2 aromatic heterocycles. The first-order valence-corrected chi connectivity index (χ1v) is 9.54. The van der Waals surface area contributed by atoms with Gasteiger partial charge in [-0.1, -0.05) is 22.8 Å². The summed E-state index contributed by atoms with van der Waals surface area (Å²) in [5.74, 6) is 1.87. The number of anilines is 1. The van der Waals surface area contributed by atoms with Crippen molar-refractivity contribution in [2.45, 2.75) is 25.8 Å². The molecule has 0 bridgehead atoms. The van der Waals surface area contributed by atoms with Crippen LogP contribution in [0.4, 0.5) is 5.69 Å². The van der Waals surface area contributed by atoms with Crippen LogP contribution in [0.2, 0.25) is 5.02 Å². The van der Waals surface area contributed by atoms with Gasteiger partial charge < -0.3 is 9.84 Å². The molecule has 1 atom stereocenters. The van der Waals surface area contributed by atoms with Crippen LogP contribution in [-0.2, 0) is 6.42 Å². The Morgan fingerprint density at radius 3 is 2.75 bits per heavy atom. The van der Waals surface area contributed by atoms with Crippen molar-refractivity contribution in [1.29, 1.82) is 0 Å². The van der Waals surface area contributed by atoms with E-state index in [0.29, 0.717) is 0 Å². The molecule has 140 valence electrons. The van der Waals surface area contributed by atoms with Gasteiger partial charge in [0.05, 0.1) is 17.9 Å². The van der Waals surface area contributed by atoms with E-state index in [1.165, 1.54) is 5.56 Å². The number of rotatable bonds is 3. The molecule has 0 amide bonds. The molecule has 0 saturated heterocycles. The summed E-state index contributed by atoms with van der Waals surface area (Å²) in [5, 5.41) is 16.9. The van der Waals surface area contributed by atoms with Crippen molar-refractivity contribution in [3.63, 3.8) is 0 Å². The van der Waals surface area contributed by atoms with Gasteiger partial charge in [0, 0.05) is 22.7 Å². The number of fused-ring (bicyclic) bond motifs is 3. The van der Waals surface area contributed by atoms with Gasteiger partial charge in [-0.25, -0.2) is 0 Å². The van der Waals surface area contributed by atoms with E-state index in [2.05, 4.69) is 43.4 Å². The summed E-state index contributed by atoms with van der Waals surface area (Å²) in [7, 11) is 0. The molecule has 2 aromatic carbocycles. The molecule has 1 unspecified atom stereocenters. The second-order valence-corrected chi connectivity index (χ2v) is 7.36. The smallest absolute Gasteiger partial charge is 0.137 e. The Morgan fingerprint density at radius 2 is 1.96 bits per heavy atom. The van der Waals surface area contributed by atoms with Crippen LogP contribution in [0.1, 0.15) is 29.7 Å². The molecular formula is C21H18ClN5O. The van der Waals surface area contributed by atoms with Crippen LogP contribution >= 0.6 is 11.6 Å². The maximum Gasteiger partial charge on any atom is 0.137 e. The number of nitrogens with zero attached hydrogens (tertiary/aromatic N) is 4. The zero-order valence-electron chi connectivity index (χ0n) is 15.3. The van der Waals surface area contributed by atoms with Crippen molar-refractivity contribution in [2.75, 3.05) is 5.32 Å². The van der Waals surface area contributed by atoms with Crippen LogP contribution in [0.5, 0.6) is 0 Å². The van der Waals surface area contributed by atoms with Crippen molar-refractivity contribution in [3.8, 4) is 16.8 Å². The van der Waals surface area contributed by atoms with Crippen LogP contribution in [0.3, 0.4) is 0 Å². The molecule has 7 heteroatoms. The third-order valence-electron chi connectivity index (χ3n) is 5.14. The number of aromatic nitrogens is 4. The Bertz CT molecular complexity index is 1120. The minimum Gasteiger partial charge on any atom is -0.378 e. The van der Waals surface area contributed by atoms with E-state index in [1.807, 2.05) is 31.2 Å². The largest absolute Gasteiger partial charge is 0.378 e. The second-order valence-electron chi connectivity index (χ2n) is 6.93. The van der Waals surface area contributed by atoms with E-state index in [0.717, 1.165) is 52.0 Å². The van der Waals surface area contributed by atoms with Crippen LogP contribution in [-0.4, -0.2) is 19.9 Å². The molecule has 1 aliphatic heterocycles. The maximum atomic E-state index is 6.04. The molecule has 0 fully saturated rings. The third kappa shape index (κ3) is 2.96. The minimum atomic E-state index is 0.122. The fourth-order valence-corrected chi connectivity index (χ4v) is 3.90. The van der Waals surface area contributed by atoms with Crippen molar-refractivity contribution in [3.05, 3.63) is 77.2 Å². The van der Waals surface area contributed by atoms with Gasteiger partial charge in [0.1, 0.15) is 17.9 Å². The molecule has 0 radical (unpaired) electrons. The first-order chi connectivity index (χ1) is 13.7. The van der Waals surface area contributed by atoms with Gasteiger partial charge in [-0.2, -0.15) is 0 Å². The van der Waals surface area contributed by atoms with E-state index in [4.69, 9.17) is 16.1 Å². The normalized spacial score (nSPS) is 15.6. The SMILES string of the molecule is Cc1nnc2n1-c1ccc(-c3cnoc3)cc1C(Nc1ccc(Cl)cc1)CC2. The number of hydrogen-bond donors (Lipinski definition) is 1. The average molecular weight is 392 g/mol. The molecule has 4 aromatic rings. The highest BCUT2D eigenvalue weighted by Crippen LogP contribution is 2.36. The zero-order valence-corrected chi connectivity index (χ0v) is 16.0. The van der Waals surface area contributed by atoms with Crippen LogP contribution in [0.25, 0.3) is 16.8 Å². The summed E-state index contributed by atoms with van der Waals surface area (Å²) >= 11 is 6.04. The zero-order chi connectivity index (χ0) is 19.1. The van der Waals surface area contributed by atoms with Crippen molar-refractivity contribution in [2.24, 2.45) is 0 Å². The monoisotopic (exact) mass is 391 g/mol. The molecule has 1 aliphatic rings. The molecule has 0 saturated carbocycles. The summed E-state index contributed by atoms with van der Waals surface area (Å²) in [5.41, 5.74) is 5.34. The van der Waals surface area contributed by atoms with E-state index in [9.17, 15) is 0 Å². The Hall–Kier alpha value is -3.12. The Morgan fingerprint density at radius 1 is 1.11 bits per heavy atom. The minimum absolute atomic E-state index is 0.122. The lowest BCUT2D eigenvalue weighted by Crippen LogP contribution is -2.12. The molecule has 0 spiro atoms. The van der Waals surface area contributed by atoms with E-state index < -0.39 is 0 Å². The Labute approximate surface area is 167 Å². The fraction of sp³-hybridized carbons (Fsp3) is 0.190. The molecule has 1 N–H and O–H groups in total. The third-order valence-corrected chi connectivity index (χ3v) is 5.40. The van der Waals surface area contributed by atoms with Gasteiger partial charge in [0.2, 0.25) is 0 Å². The number of halogens is 1. The quantitative estimate of drug-likeness (QED) is 0.533. The highest BCUT2D eigenvalue weighted by atomic mass is 35.5. The number of nitrogens with one attached hydrogen (secondary N) is 1. The number of aryl methyl sites for hydroxylation is 2. The van der Waals surface area contributed by atoms with Gasteiger partial charge in [0.25, 0.3) is 0 Å². The second kappa shape index (κ2) is 6.80. The standard InChI is InChI=1S/C21H18ClN5O/c1-13-25-26-21-9-7-19(24-17-5-3-16(22)4-6-17)18-10-14(15-11-23-28-12-15)2-8-20(18)27(13)21/h2-6,8,10-12,19,24H,7,9H2,1H3. The van der Waals surface area contributed by atoms with Crippen LogP contribution in [0, 0.1) is 6.92 Å². The Balaban J connectivity index is 1.62. The molecule has 6 nitrogen and oxygen atoms in total. The highest BCUT2D eigenvalue weighted by molar-refractivity contribution is 6.30. The van der Waals surface area contributed by atoms with Crippen LogP contribution in [0.15, 0.2) is 59.4 Å². The number of benzene rings is 2. The predicted octanol–water partition coefficient (Wildman–Crippen LogP) is 4.98. The fourth-order valence-electron chi connectivity index (χ4n) is 3.77. The lowest BCUT2D eigenvalue weighted by Gasteiger charge is -2.22. The Kier molecular flexibility index (Phi) is 4.13. The summed E-state index contributed by atoms with van der Waals surface area (Å²) in [6, 6.07) is 14.3. The molecule has 0 aliphatic carbocycles. The van der Waals surface area contributed by atoms with Gasteiger partial charge in [-0.15, -0.1) is 10.2 Å². The summed E-state index contributed by atoms with van der Waals surface area (Å²) in [4.78, 5) is 0. The summed E-state index contributed by atoms with van der Waals surface area (Å²) < 4.78 is 7.18. The topological polar surface area (TPSA) is 68.8 Å². The van der Waals surface area contributed by atoms with Gasteiger partial charge in [-0.3, -0.25) is 4.57 Å². The molecule has 28 heavy (non-hydrogen) atoms. The molecule has 5 rings (SSSR count). The van der Waals surface area contributed by atoms with Crippen molar-refractivity contribution in [1.82, 2.24) is 19.9 Å². The highest BCUT2D eigenvalue weighted by Gasteiger charge is 2.25. The molecule has 3 heterocycles. The predicted molar refractivity (Wildman–Crippen MR) is 108 cm³/mol. The first-order valence-electron chi connectivity index (χ1n) is 9.16. The summed E-state index contributed by atoms with van der Waals surface area (Å²) in [6.07, 6.45) is 5.13. The van der Waals surface area contributed by atoms with Crippen LogP contribution < -0.4 is 5.32 Å². The number of hydrogen-bond acceptors (Lipinski definition) is 5. The van der Waals surface area contributed by atoms with E-state index >= 15 is 0 Å². The van der Waals surface area contributed by atoms with Gasteiger partial charge in [-0.05, 0) is 60.9 Å². The van der Waals surface area contributed by atoms with Crippen molar-refractivity contribution >= 4 is 17.3 Å². The lowest BCUT2D eigenvalue weighted by molar-refractivity contribution is 0.420. The van der Waals surface area contributed by atoms with Gasteiger partial charge >= 0.3 is 0 Å². The maximum absolute atomic E-state index is 6.04. The lowest BCUT2D eigenvalue weighted by atomic mass is 9.97. The van der Waals surface area contributed by atoms with Gasteiger partial charge in [0.15, 0.2) is 0 Å². The molecular weight excluding hydrogens is 374 g/mol.